The van der Waals surface area contributed by atoms with Crippen molar-refractivity contribution in [2.24, 2.45) is 5.92 Å². The van der Waals surface area contributed by atoms with Gasteiger partial charge < -0.3 is 5.32 Å². The van der Waals surface area contributed by atoms with Crippen molar-refractivity contribution in [1.82, 2.24) is 5.32 Å². The quantitative estimate of drug-likeness (QED) is 0.671. The highest BCUT2D eigenvalue weighted by atomic mass is 14.9. The lowest BCUT2D eigenvalue weighted by Crippen LogP contribution is -2.33. The van der Waals surface area contributed by atoms with Crippen LogP contribution in [0, 0.1) is 5.92 Å². The lowest BCUT2D eigenvalue weighted by molar-refractivity contribution is 0.310. The molecule has 1 N–H and O–H groups in total. The summed E-state index contributed by atoms with van der Waals surface area (Å²) < 4.78 is 0. The standard InChI is InChI=1S/C16H29N/c1-2-12-17-16(15-10-6-7-11-15)13-14-8-4-3-5-9-14/h10,14,16-17H,2-9,11-13H2,1H3. The van der Waals surface area contributed by atoms with Gasteiger partial charge in [-0.05, 0) is 44.6 Å². The Kier molecular flexibility index (Phi) is 5.57. The van der Waals surface area contributed by atoms with Gasteiger partial charge in [0.25, 0.3) is 0 Å². The number of hydrogen-bond donors (Lipinski definition) is 1. The molecule has 0 radical (unpaired) electrons. The van der Waals surface area contributed by atoms with E-state index in [0.717, 1.165) is 5.92 Å². The normalized spacial score (nSPS) is 23.7. The number of hydrogen-bond acceptors (Lipinski definition) is 1. The van der Waals surface area contributed by atoms with E-state index in [-0.39, 0.29) is 0 Å². The van der Waals surface area contributed by atoms with Gasteiger partial charge in [0.1, 0.15) is 0 Å². The maximum Gasteiger partial charge on any atom is 0.0282 e. The molecule has 1 atom stereocenters. The first-order valence-electron chi connectivity index (χ1n) is 7.82. The van der Waals surface area contributed by atoms with E-state index in [1.807, 2.05) is 0 Å². The van der Waals surface area contributed by atoms with E-state index in [2.05, 4.69) is 18.3 Å². The Morgan fingerprint density at radius 3 is 2.71 bits per heavy atom. The van der Waals surface area contributed by atoms with Crippen LogP contribution in [0.4, 0.5) is 0 Å². The Bertz CT molecular complexity index is 238. The molecule has 2 aliphatic carbocycles. The molecular formula is C16H29N. The molecule has 1 saturated carbocycles. The second-order valence-corrected chi connectivity index (χ2v) is 5.92. The Balaban J connectivity index is 1.84. The minimum absolute atomic E-state index is 0.709. The van der Waals surface area contributed by atoms with E-state index in [4.69, 9.17) is 0 Å². The van der Waals surface area contributed by atoms with E-state index in [9.17, 15) is 0 Å². The van der Waals surface area contributed by atoms with Crippen molar-refractivity contribution >= 4 is 0 Å². The van der Waals surface area contributed by atoms with Gasteiger partial charge in [0.2, 0.25) is 0 Å². The Hall–Kier alpha value is -0.300. The molecule has 0 aliphatic heterocycles. The zero-order chi connectivity index (χ0) is 11.9. The topological polar surface area (TPSA) is 12.0 Å². The minimum Gasteiger partial charge on any atom is -0.310 e. The molecular weight excluding hydrogens is 206 g/mol. The average Bonchev–Trinajstić information content (AvgIpc) is 2.89. The molecule has 0 heterocycles. The van der Waals surface area contributed by atoms with Crippen LogP contribution in [-0.2, 0) is 0 Å². The van der Waals surface area contributed by atoms with Crippen molar-refractivity contribution in [2.75, 3.05) is 6.54 Å². The lowest BCUT2D eigenvalue weighted by Gasteiger charge is -2.28. The Labute approximate surface area is 107 Å². The fourth-order valence-electron chi connectivity index (χ4n) is 3.45. The van der Waals surface area contributed by atoms with Crippen LogP contribution in [0.25, 0.3) is 0 Å². The van der Waals surface area contributed by atoms with Crippen LogP contribution in [0.15, 0.2) is 11.6 Å². The summed E-state index contributed by atoms with van der Waals surface area (Å²) in [7, 11) is 0. The predicted octanol–water partition coefficient (Wildman–Crippen LogP) is 4.44. The first-order valence-corrected chi connectivity index (χ1v) is 7.82. The maximum absolute atomic E-state index is 3.79. The van der Waals surface area contributed by atoms with Crippen molar-refractivity contribution in [3.05, 3.63) is 11.6 Å². The van der Waals surface area contributed by atoms with E-state index < -0.39 is 0 Å². The van der Waals surface area contributed by atoms with Gasteiger partial charge >= 0.3 is 0 Å². The minimum atomic E-state index is 0.709. The molecule has 0 bridgehead atoms. The fourth-order valence-corrected chi connectivity index (χ4v) is 3.45. The van der Waals surface area contributed by atoms with Gasteiger partial charge in [0.05, 0.1) is 0 Å². The smallest absolute Gasteiger partial charge is 0.0282 e. The zero-order valence-corrected chi connectivity index (χ0v) is 11.5. The average molecular weight is 235 g/mol. The van der Waals surface area contributed by atoms with Crippen molar-refractivity contribution in [2.45, 2.75) is 77.2 Å². The van der Waals surface area contributed by atoms with Crippen molar-refractivity contribution < 1.29 is 0 Å². The first-order chi connectivity index (χ1) is 8.40. The Morgan fingerprint density at radius 1 is 1.24 bits per heavy atom. The van der Waals surface area contributed by atoms with E-state index in [1.165, 1.54) is 70.8 Å². The third kappa shape index (κ3) is 4.13. The van der Waals surface area contributed by atoms with Crippen LogP contribution in [0.1, 0.15) is 71.1 Å². The number of rotatable bonds is 6. The van der Waals surface area contributed by atoms with E-state index in [0.29, 0.717) is 6.04 Å². The second kappa shape index (κ2) is 7.20. The summed E-state index contributed by atoms with van der Waals surface area (Å²) in [5.41, 5.74) is 1.73. The van der Waals surface area contributed by atoms with Gasteiger partial charge in [-0.25, -0.2) is 0 Å². The van der Waals surface area contributed by atoms with Crippen LogP contribution in [-0.4, -0.2) is 12.6 Å². The van der Waals surface area contributed by atoms with Gasteiger partial charge in [-0.15, -0.1) is 0 Å². The molecule has 2 rings (SSSR count). The summed E-state index contributed by atoms with van der Waals surface area (Å²) in [6.07, 6.45) is 16.6. The predicted molar refractivity (Wildman–Crippen MR) is 75.2 cm³/mol. The summed E-state index contributed by atoms with van der Waals surface area (Å²) in [6.45, 7) is 3.46. The molecule has 0 saturated heterocycles. The maximum atomic E-state index is 3.79. The van der Waals surface area contributed by atoms with E-state index in [1.54, 1.807) is 5.57 Å². The molecule has 1 nitrogen and oxygen atoms in total. The fraction of sp³-hybridized carbons (Fsp3) is 0.875. The zero-order valence-electron chi connectivity index (χ0n) is 11.5. The third-order valence-electron chi connectivity index (χ3n) is 4.46. The largest absolute Gasteiger partial charge is 0.310 e. The summed E-state index contributed by atoms with van der Waals surface area (Å²) >= 11 is 0. The van der Waals surface area contributed by atoms with Gasteiger partial charge in [0.15, 0.2) is 0 Å². The summed E-state index contributed by atoms with van der Waals surface area (Å²) in [5, 5.41) is 3.79. The summed E-state index contributed by atoms with van der Waals surface area (Å²) in [4.78, 5) is 0. The SMILES string of the molecule is CCCNC(CC1CCCCC1)C1=CCCC1. The van der Waals surface area contributed by atoms with Crippen LogP contribution < -0.4 is 5.32 Å². The van der Waals surface area contributed by atoms with Crippen molar-refractivity contribution in [3.8, 4) is 0 Å². The van der Waals surface area contributed by atoms with Crippen molar-refractivity contribution in [3.63, 3.8) is 0 Å². The molecule has 17 heavy (non-hydrogen) atoms. The van der Waals surface area contributed by atoms with Gasteiger partial charge in [-0.1, -0.05) is 50.7 Å². The van der Waals surface area contributed by atoms with Gasteiger partial charge in [-0.3, -0.25) is 0 Å². The first kappa shape index (κ1) is 13.1. The third-order valence-corrected chi connectivity index (χ3v) is 4.46. The Morgan fingerprint density at radius 2 is 2.06 bits per heavy atom. The highest BCUT2D eigenvalue weighted by Gasteiger charge is 2.22. The van der Waals surface area contributed by atoms with Crippen LogP contribution in [0.3, 0.4) is 0 Å². The van der Waals surface area contributed by atoms with Crippen LogP contribution in [0.2, 0.25) is 0 Å². The molecule has 2 aliphatic rings. The number of allylic oxidation sites excluding steroid dienone is 1. The van der Waals surface area contributed by atoms with Gasteiger partial charge in [0, 0.05) is 6.04 Å². The van der Waals surface area contributed by atoms with Crippen molar-refractivity contribution in [1.29, 1.82) is 0 Å². The lowest BCUT2D eigenvalue weighted by atomic mass is 9.83. The second-order valence-electron chi connectivity index (χ2n) is 5.92. The van der Waals surface area contributed by atoms with Crippen LogP contribution >= 0.6 is 0 Å². The molecule has 0 aromatic heterocycles. The highest BCUT2D eigenvalue weighted by molar-refractivity contribution is 5.15. The highest BCUT2D eigenvalue weighted by Crippen LogP contribution is 2.31. The molecule has 0 aromatic rings. The molecule has 0 spiro atoms. The molecule has 1 unspecified atom stereocenters. The molecule has 1 fully saturated rings. The molecule has 1 heteroatoms. The van der Waals surface area contributed by atoms with E-state index >= 15 is 0 Å². The molecule has 98 valence electrons. The van der Waals surface area contributed by atoms with Crippen LogP contribution in [0.5, 0.6) is 0 Å². The number of nitrogens with one attached hydrogen (secondary N) is 1. The van der Waals surface area contributed by atoms with Gasteiger partial charge in [-0.2, -0.15) is 0 Å². The summed E-state index contributed by atoms with van der Waals surface area (Å²) in [6, 6.07) is 0.709. The molecule has 0 aromatic carbocycles. The molecule has 0 amide bonds. The summed E-state index contributed by atoms with van der Waals surface area (Å²) in [5.74, 6) is 1.000. The monoisotopic (exact) mass is 235 g/mol.